The van der Waals surface area contributed by atoms with E-state index in [4.69, 9.17) is 4.98 Å². The van der Waals surface area contributed by atoms with Crippen molar-refractivity contribution >= 4 is 5.91 Å². The minimum absolute atomic E-state index is 0.103. The van der Waals surface area contributed by atoms with Crippen molar-refractivity contribution in [2.75, 3.05) is 19.6 Å². The molecule has 0 aliphatic carbocycles. The molecule has 0 unspecified atom stereocenters. The van der Waals surface area contributed by atoms with Crippen molar-refractivity contribution in [3.05, 3.63) is 87.1 Å². The summed E-state index contributed by atoms with van der Waals surface area (Å²) in [7, 11) is 0. The van der Waals surface area contributed by atoms with Crippen LogP contribution in [0.1, 0.15) is 57.3 Å². The third-order valence-electron chi connectivity index (χ3n) is 6.79. The Hall–Kier alpha value is -3.39. The molecule has 0 spiro atoms. The lowest BCUT2D eigenvalue weighted by molar-refractivity contribution is 0.0732. The molecule has 1 fully saturated rings. The highest BCUT2D eigenvalue weighted by molar-refractivity contribution is 5.94. The Kier molecular flexibility index (Phi) is 6.00. The number of pyridine rings is 2. The predicted molar refractivity (Wildman–Crippen MR) is 124 cm³/mol. The van der Waals surface area contributed by atoms with Crippen LogP contribution in [0.3, 0.4) is 0 Å². The number of amides is 1. The van der Waals surface area contributed by atoms with E-state index in [2.05, 4.69) is 32.8 Å². The smallest absolute Gasteiger partial charge is 0.256 e. The second-order valence-electron chi connectivity index (χ2n) is 8.95. The first-order valence-corrected chi connectivity index (χ1v) is 11.5. The molecule has 1 amide bonds. The van der Waals surface area contributed by atoms with Crippen LogP contribution < -0.4 is 5.56 Å². The molecule has 33 heavy (non-hydrogen) atoms. The number of nitrogens with zero attached hydrogens (tertiary/aromatic N) is 5. The Bertz CT molecular complexity index is 1200. The van der Waals surface area contributed by atoms with Gasteiger partial charge in [-0.2, -0.15) is 0 Å². The number of carbonyl (C=O) groups excluding carboxylic acids is 1. The maximum atomic E-state index is 12.9. The Labute approximate surface area is 192 Å². The Morgan fingerprint density at radius 2 is 1.94 bits per heavy atom. The Morgan fingerprint density at radius 3 is 2.70 bits per heavy atom. The quantitative estimate of drug-likeness (QED) is 0.664. The van der Waals surface area contributed by atoms with Gasteiger partial charge < -0.3 is 9.88 Å². The number of nitrogens with one attached hydrogen (secondary N) is 1. The second kappa shape index (κ2) is 9.23. The zero-order valence-electron chi connectivity index (χ0n) is 18.8. The van der Waals surface area contributed by atoms with Crippen LogP contribution in [0.5, 0.6) is 0 Å². The average molecular weight is 445 g/mol. The summed E-state index contributed by atoms with van der Waals surface area (Å²) in [4.78, 5) is 45.9. The summed E-state index contributed by atoms with van der Waals surface area (Å²) in [5, 5.41) is 0. The summed E-state index contributed by atoms with van der Waals surface area (Å²) in [5.74, 6) is 0.951. The molecule has 3 aromatic rings. The predicted octanol–water partition coefficient (Wildman–Crippen LogP) is 2.45. The van der Waals surface area contributed by atoms with Gasteiger partial charge in [-0.25, -0.2) is 4.98 Å². The normalized spacial score (nSPS) is 17.1. The summed E-state index contributed by atoms with van der Waals surface area (Å²) in [6.07, 6.45) is 9.50. The first-order valence-electron chi connectivity index (χ1n) is 11.5. The molecule has 8 nitrogen and oxygen atoms in total. The molecule has 2 aliphatic rings. The lowest BCUT2D eigenvalue weighted by atomic mass is 9.94. The van der Waals surface area contributed by atoms with Crippen molar-refractivity contribution in [1.29, 1.82) is 0 Å². The van der Waals surface area contributed by atoms with Crippen LogP contribution in [0.2, 0.25) is 0 Å². The highest BCUT2D eigenvalue weighted by atomic mass is 16.2. The summed E-state index contributed by atoms with van der Waals surface area (Å²) in [6, 6.07) is 5.58. The van der Waals surface area contributed by atoms with Gasteiger partial charge in [0.15, 0.2) is 0 Å². The van der Waals surface area contributed by atoms with Gasteiger partial charge in [0.25, 0.3) is 11.5 Å². The van der Waals surface area contributed by atoms with Crippen molar-refractivity contribution in [3.8, 4) is 0 Å². The first-order chi connectivity index (χ1) is 16.1. The Morgan fingerprint density at radius 1 is 1.12 bits per heavy atom. The summed E-state index contributed by atoms with van der Waals surface area (Å²) in [5.41, 5.74) is 4.39. The van der Waals surface area contributed by atoms with Gasteiger partial charge in [0.1, 0.15) is 5.82 Å². The molecule has 0 atom stereocenters. The SMILES string of the molecule is Cc1cnccc1CN1CCC(c2nc3c(c(=O)[nH]2)CN(C(=O)c2cccnc2)CC3)CC1. The molecule has 8 heteroatoms. The molecule has 3 aromatic heterocycles. The van der Waals surface area contributed by atoms with Crippen molar-refractivity contribution in [3.63, 3.8) is 0 Å². The van der Waals surface area contributed by atoms with Crippen LogP contribution in [-0.4, -0.2) is 55.3 Å². The fraction of sp³-hybridized carbons (Fsp3) is 0.400. The van der Waals surface area contributed by atoms with Crippen LogP contribution in [0.25, 0.3) is 0 Å². The van der Waals surface area contributed by atoms with Gasteiger partial charge in [-0.05, 0) is 62.2 Å². The number of fused-ring (bicyclic) bond motifs is 1. The monoisotopic (exact) mass is 444 g/mol. The third-order valence-corrected chi connectivity index (χ3v) is 6.79. The number of aryl methyl sites for hydroxylation is 1. The number of aromatic amines is 1. The number of hydrogen-bond acceptors (Lipinski definition) is 6. The zero-order valence-corrected chi connectivity index (χ0v) is 18.8. The number of aromatic nitrogens is 4. The van der Waals surface area contributed by atoms with E-state index in [1.165, 1.54) is 11.1 Å². The van der Waals surface area contributed by atoms with Crippen molar-refractivity contribution in [2.45, 2.75) is 45.2 Å². The summed E-state index contributed by atoms with van der Waals surface area (Å²) < 4.78 is 0. The minimum atomic E-state index is -0.117. The highest BCUT2D eigenvalue weighted by Gasteiger charge is 2.28. The number of rotatable bonds is 4. The fourth-order valence-corrected chi connectivity index (χ4v) is 4.77. The van der Waals surface area contributed by atoms with Crippen molar-refractivity contribution in [1.82, 2.24) is 29.7 Å². The van der Waals surface area contributed by atoms with Crippen molar-refractivity contribution in [2.24, 2.45) is 0 Å². The van der Waals surface area contributed by atoms with E-state index in [1.54, 1.807) is 29.4 Å². The maximum absolute atomic E-state index is 12.9. The largest absolute Gasteiger partial charge is 0.334 e. The molecule has 0 saturated carbocycles. The van der Waals surface area contributed by atoms with E-state index in [9.17, 15) is 9.59 Å². The first kappa shape index (κ1) is 21.5. The third kappa shape index (κ3) is 4.57. The van der Waals surface area contributed by atoms with E-state index < -0.39 is 0 Å². The van der Waals surface area contributed by atoms with E-state index in [0.29, 0.717) is 24.1 Å². The zero-order chi connectivity index (χ0) is 22.8. The maximum Gasteiger partial charge on any atom is 0.256 e. The highest BCUT2D eigenvalue weighted by Crippen LogP contribution is 2.27. The van der Waals surface area contributed by atoms with E-state index >= 15 is 0 Å². The number of piperidine rings is 1. The van der Waals surface area contributed by atoms with Crippen LogP contribution in [0, 0.1) is 6.92 Å². The molecular formula is C25H28N6O2. The lowest BCUT2D eigenvalue weighted by Crippen LogP contribution is -2.40. The van der Waals surface area contributed by atoms with Gasteiger partial charge in [0, 0.05) is 50.2 Å². The van der Waals surface area contributed by atoms with Gasteiger partial charge >= 0.3 is 0 Å². The fourth-order valence-electron chi connectivity index (χ4n) is 4.77. The molecule has 0 radical (unpaired) electrons. The van der Waals surface area contributed by atoms with Crippen molar-refractivity contribution < 1.29 is 4.79 Å². The van der Waals surface area contributed by atoms with E-state index in [1.807, 2.05) is 12.4 Å². The molecule has 1 saturated heterocycles. The van der Waals surface area contributed by atoms with Crippen LogP contribution >= 0.6 is 0 Å². The Balaban J connectivity index is 1.25. The second-order valence-corrected chi connectivity index (χ2v) is 8.95. The van der Waals surface area contributed by atoms with E-state index in [0.717, 1.165) is 44.0 Å². The molecule has 2 aliphatic heterocycles. The summed E-state index contributed by atoms with van der Waals surface area (Å²) in [6.45, 7) is 5.81. The van der Waals surface area contributed by atoms with Gasteiger partial charge in [0.05, 0.1) is 23.4 Å². The van der Waals surface area contributed by atoms with Crippen LogP contribution in [0.4, 0.5) is 0 Å². The molecule has 0 aromatic carbocycles. The standard InChI is InChI=1S/C25H28N6O2/c1-17-13-27-9-4-20(17)15-30-10-5-18(6-11-30)23-28-22-7-12-31(16-21(22)24(32)29-23)25(33)19-3-2-8-26-14-19/h2-4,8-9,13-14,18H,5-7,10-12,15-16H2,1H3,(H,28,29,32). The van der Waals surface area contributed by atoms with Crippen LogP contribution in [0.15, 0.2) is 47.8 Å². The van der Waals surface area contributed by atoms with Gasteiger partial charge in [-0.15, -0.1) is 0 Å². The molecule has 0 bridgehead atoms. The lowest BCUT2D eigenvalue weighted by Gasteiger charge is -2.32. The summed E-state index contributed by atoms with van der Waals surface area (Å²) >= 11 is 0. The molecule has 5 heterocycles. The molecular weight excluding hydrogens is 416 g/mol. The number of hydrogen-bond donors (Lipinski definition) is 1. The minimum Gasteiger partial charge on any atom is -0.334 e. The average Bonchev–Trinajstić information content (AvgIpc) is 2.86. The number of H-pyrrole nitrogens is 1. The topological polar surface area (TPSA) is 95.1 Å². The number of likely N-dealkylation sites (tertiary alicyclic amines) is 1. The van der Waals surface area contributed by atoms with Gasteiger partial charge in [0.2, 0.25) is 0 Å². The van der Waals surface area contributed by atoms with Gasteiger partial charge in [-0.3, -0.25) is 24.5 Å². The molecule has 170 valence electrons. The van der Waals surface area contributed by atoms with Crippen LogP contribution in [-0.2, 0) is 19.5 Å². The number of carbonyl (C=O) groups is 1. The van der Waals surface area contributed by atoms with Gasteiger partial charge in [-0.1, -0.05) is 0 Å². The molecule has 1 N–H and O–H groups in total. The molecule has 5 rings (SSSR count). The van der Waals surface area contributed by atoms with E-state index in [-0.39, 0.29) is 23.9 Å².